The number of para-hydroxylation sites is 24. The molecule has 0 saturated carbocycles. The zero-order valence-corrected chi connectivity index (χ0v) is 59.5. The van der Waals surface area contributed by atoms with Gasteiger partial charge in [0.2, 0.25) is 34.7 Å². The molecule has 109 heavy (non-hydrogen) atoms. The van der Waals surface area contributed by atoms with Crippen LogP contribution in [0.3, 0.4) is 0 Å². The molecule has 25 rings (SSSR count). The molecule has 1 aliphatic heterocycles. The number of likely N-dealkylation sites (tertiary alicyclic amines) is 1. The Labute approximate surface area is 619 Å². The highest BCUT2D eigenvalue weighted by Crippen LogP contribution is 2.35. The molecule has 13 heterocycles. The summed E-state index contributed by atoms with van der Waals surface area (Å²) >= 11 is 0. The molecule has 12 aromatic carbocycles. The lowest BCUT2D eigenvalue weighted by Crippen LogP contribution is -2.38. The van der Waals surface area contributed by atoms with E-state index < -0.39 is 0 Å². The van der Waals surface area contributed by atoms with Gasteiger partial charge in [-0.25, -0.2) is 34.8 Å². The minimum Gasteiger partial charge on any atom is -0.296 e. The molecule has 0 bridgehead atoms. The monoisotopic (exact) mass is 1420 g/mol. The van der Waals surface area contributed by atoms with Gasteiger partial charge in [-0.1, -0.05) is 146 Å². The molecule has 0 radical (unpaired) electrons. The number of hydrogen-bond acceptors (Lipinski definition) is 9. The quantitative estimate of drug-likeness (QED) is 0.117. The van der Waals surface area contributed by atoms with Crippen LogP contribution >= 0.6 is 0 Å². The Morgan fingerprint density at radius 2 is 0.404 bits per heavy atom. The molecule has 21 nitrogen and oxygen atoms in total. The summed E-state index contributed by atoms with van der Waals surface area (Å²) in [4.78, 5) is 37.8. The molecule has 24 aromatic rings. The highest BCUT2D eigenvalue weighted by Gasteiger charge is 2.27. The summed E-state index contributed by atoms with van der Waals surface area (Å²) in [5.74, 6) is 5.70. The van der Waals surface area contributed by atoms with Gasteiger partial charge in [0.1, 0.15) is 0 Å². The van der Waals surface area contributed by atoms with Crippen molar-refractivity contribution in [2.45, 2.75) is 46.4 Å². The summed E-state index contributed by atoms with van der Waals surface area (Å²) in [7, 11) is 2.15. The minimum atomic E-state index is 0.568. The van der Waals surface area contributed by atoms with Crippen LogP contribution in [0.1, 0.15) is 6.42 Å². The SMILES string of the molecule is CN(Cn1c2ccccc2n2c3ccccc3nc12)Cn1c2ccccc2n2c3ccccc3nc12.c1ccc2c(c1)nc1n(CN(Cn3c4ccccc4n4c5ccccc5nc34)Cn3c4ccccc4n4c5ccccc5nc34)c3ccccc3n21.c1ccc2c(c1)nc1n(CN3CCC3)c3ccccc3n21. The Morgan fingerprint density at radius 3 is 0.624 bits per heavy atom. The summed E-state index contributed by atoms with van der Waals surface area (Å²) < 4.78 is 27.7. The van der Waals surface area contributed by atoms with E-state index in [1.54, 1.807) is 0 Å². The first-order valence-electron chi connectivity index (χ1n) is 37.2. The third kappa shape index (κ3) is 9.36. The van der Waals surface area contributed by atoms with Crippen molar-refractivity contribution in [3.8, 4) is 0 Å². The van der Waals surface area contributed by atoms with Gasteiger partial charge in [-0.15, -0.1) is 0 Å². The van der Waals surface area contributed by atoms with Crippen molar-refractivity contribution in [3.63, 3.8) is 0 Å². The third-order valence-electron chi connectivity index (χ3n) is 22.3. The normalized spacial score (nSPS) is 13.2. The van der Waals surface area contributed by atoms with E-state index >= 15 is 0 Å². The predicted molar refractivity (Wildman–Crippen MR) is 435 cm³/mol. The standard InChI is InChI=1S/C42H30N10.C29H23N7.C17H16N4/c1-4-16-31-28(13-1)43-40-47(34-19-7-10-22-37(34)50(31)40)25-46(26-48-35-20-8-11-23-38(35)51-32-17-5-2-14-29(32)44-41(48)51)27-49-36-21-9-12-24-39(36)52-33-18-6-3-15-30(33)45-42(49)52;1-32(18-33-24-14-6-8-16-26(24)35-22-12-4-2-10-20(22)30-28(33)35)19-34-25-15-7-9-17-27(25)36-23-13-5-3-11-21(23)31-29(34)36;1-2-7-14-13(6-1)18-17-20(12-19-10-5-11-19)15-8-3-4-9-16(15)21(14)17/h1-24H,25-27H2;2-17H,18-19H2,1H3;1-4,6-9H,5,10-12H2. The van der Waals surface area contributed by atoms with Crippen molar-refractivity contribution in [2.75, 3.05) is 20.1 Å². The molecule has 1 fully saturated rings. The summed E-state index contributed by atoms with van der Waals surface area (Å²) in [6, 6.07) is 102. The average Bonchev–Trinajstić information content (AvgIpc) is 1.60. The first-order valence-corrected chi connectivity index (χ1v) is 37.2. The van der Waals surface area contributed by atoms with Crippen LogP contribution in [0, 0.1) is 0 Å². The molecule has 0 amide bonds. The lowest BCUT2D eigenvalue weighted by molar-refractivity contribution is 0.139. The van der Waals surface area contributed by atoms with Crippen LogP contribution in [0.15, 0.2) is 291 Å². The van der Waals surface area contributed by atoms with Gasteiger partial charge in [0.25, 0.3) is 0 Å². The number of rotatable bonds is 12. The fourth-order valence-electron chi connectivity index (χ4n) is 17.3. The fraction of sp³-hybridized carbons (Fsp3) is 0.114. The van der Waals surface area contributed by atoms with Crippen molar-refractivity contribution in [3.05, 3.63) is 291 Å². The summed E-state index contributed by atoms with van der Waals surface area (Å²) in [6.45, 7) is 6.41. The topological polar surface area (TPSA) is 143 Å². The zero-order chi connectivity index (χ0) is 71.5. The van der Waals surface area contributed by atoms with Crippen molar-refractivity contribution in [2.24, 2.45) is 0 Å². The van der Waals surface area contributed by atoms with Crippen molar-refractivity contribution < 1.29 is 0 Å². The van der Waals surface area contributed by atoms with Gasteiger partial charge < -0.3 is 0 Å². The van der Waals surface area contributed by atoms with E-state index in [-0.39, 0.29) is 0 Å². The maximum absolute atomic E-state index is 5.21. The molecular weight excluding hydrogens is 1350 g/mol. The zero-order valence-electron chi connectivity index (χ0n) is 59.5. The van der Waals surface area contributed by atoms with Gasteiger partial charge in [-0.05, 0) is 159 Å². The van der Waals surface area contributed by atoms with Gasteiger partial charge in [-0.3, -0.25) is 63.6 Å². The van der Waals surface area contributed by atoms with Gasteiger partial charge in [-0.2, -0.15) is 0 Å². The number of imidazole rings is 12. The lowest BCUT2D eigenvalue weighted by atomic mass is 10.2. The second kappa shape index (κ2) is 24.1. The van der Waals surface area contributed by atoms with Crippen LogP contribution in [-0.2, 0) is 40.0 Å². The first-order chi connectivity index (χ1) is 54.0. The maximum atomic E-state index is 5.21. The summed E-state index contributed by atoms with van der Waals surface area (Å²) in [5, 5.41) is 0. The molecule has 1 saturated heterocycles. The number of benzene rings is 12. The Hall–Kier alpha value is -13.9. The van der Waals surface area contributed by atoms with Crippen molar-refractivity contribution in [1.29, 1.82) is 0 Å². The van der Waals surface area contributed by atoms with Gasteiger partial charge in [0.05, 0.1) is 172 Å². The van der Waals surface area contributed by atoms with Crippen LogP contribution in [0.25, 0.3) is 167 Å². The van der Waals surface area contributed by atoms with E-state index in [1.807, 2.05) is 12.1 Å². The molecule has 0 N–H and O–H groups in total. The van der Waals surface area contributed by atoms with Crippen molar-refractivity contribution >= 4 is 167 Å². The van der Waals surface area contributed by atoms with E-state index in [0.29, 0.717) is 33.3 Å². The van der Waals surface area contributed by atoms with E-state index in [2.05, 4.69) is 355 Å². The number of nitrogens with zero attached hydrogens (tertiary/aromatic N) is 21. The molecule has 0 unspecified atom stereocenters. The predicted octanol–water partition coefficient (Wildman–Crippen LogP) is 17.4. The minimum absolute atomic E-state index is 0.568. The smallest absolute Gasteiger partial charge is 0.217 e. The van der Waals surface area contributed by atoms with E-state index in [0.717, 1.165) is 135 Å². The Balaban J connectivity index is 0.000000108. The van der Waals surface area contributed by atoms with E-state index in [9.17, 15) is 0 Å². The molecule has 526 valence electrons. The molecule has 21 heteroatoms. The Bertz CT molecular complexity index is 7240. The molecule has 0 atom stereocenters. The molecule has 0 spiro atoms. The Morgan fingerprint density at radius 1 is 0.220 bits per heavy atom. The average molecular weight is 1420 g/mol. The van der Waals surface area contributed by atoms with Crippen LogP contribution < -0.4 is 0 Å². The van der Waals surface area contributed by atoms with Crippen LogP contribution in [0.2, 0.25) is 0 Å². The Kier molecular flexibility index (Phi) is 13.6. The first kappa shape index (κ1) is 61.4. The summed E-state index contributed by atoms with van der Waals surface area (Å²) in [6.07, 6.45) is 1.31. The van der Waals surface area contributed by atoms with Crippen LogP contribution in [0.5, 0.6) is 0 Å². The lowest BCUT2D eigenvalue weighted by Gasteiger charge is -2.31. The fourth-order valence-corrected chi connectivity index (χ4v) is 17.3. The van der Waals surface area contributed by atoms with Crippen LogP contribution in [-0.4, -0.2) is 119 Å². The largest absolute Gasteiger partial charge is 0.296 e. The van der Waals surface area contributed by atoms with Gasteiger partial charge in [0, 0.05) is 13.1 Å². The molecular formula is C88H69N21. The third-order valence-corrected chi connectivity index (χ3v) is 22.3. The summed E-state index contributed by atoms with van der Waals surface area (Å²) in [5.41, 5.74) is 26.7. The van der Waals surface area contributed by atoms with Crippen LogP contribution in [0.4, 0.5) is 0 Å². The second-order valence-corrected chi connectivity index (χ2v) is 28.8. The van der Waals surface area contributed by atoms with Crippen molar-refractivity contribution in [1.82, 2.24) is 98.4 Å². The number of hydrogen-bond donors (Lipinski definition) is 0. The molecule has 0 aliphatic carbocycles. The second-order valence-electron chi connectivity index (χ2n) is 28.8. The van der Waals surface area contributed by atoms with E-state index in [1.165, 1.54) is 58.1 Å². The number of fused-ring (bicyclic) bond motifs is 30. The van der Waals surface area contributed by atoms with E-state index in [4.69, 9.17) is 29.9 Å². The number of aromatic nitrogens is 18. The molecule has 12 aromatic heterocycles. The highest BCUT2D eigenvalue weighted by atomic mass is 15.4. The highest BCUT2D eigenvalue weighted by molar-refractivity contribution is 5.96. The molecule has 1 aliphatic rings. The maximum Gasteiger partial charge on any atom is 0.217 e. The van der Waals surface area contributed by atoms with Gasteiger partial charge >= 0.3 is 0 Å². The van der Waals surface area contributed by atoms with Gasteiger partial charge in [0.15, 0.2) is 0 Å².